The first-order chi connectivity index (χ1) is 15.8. The van der Waals surface area contributed by atoms with Crippen molar-refractivity contribution in [2.75, 3.05) is 10.6 Å². The molecule has 0 bridgehead atoms. The van der Waals surface area contributed by atoms with E-state index in [4.69, 9.17) is 0 Å². The molecule has 0 aromatic heterocycles. The van der Waals surface area contributed by atoms with Crippen molar-refractivity contribution in [3.63, 3.8) is 0 Å². The third-order valence-electron chi connectivity index (χ3n) is 5.88. The van der Waals surface area contributed by atoms with Gasteiger partial charge in [-0.25, -0.2) is 0 Å². The fourth-order valence-electron chi connectivity index (χ4n) is 3.91. The summed E-state index contributed by atoms with van der Waals surface area (Å²) < 4.78 is 0. The number of nitrogens with one attached hydrogen (secondary N) is 2. The summed E-state index contributed by atoms with van der Waals surface area (Å²) in [5.41, 5.74) is 3.64. The summed E-state index contributed by atoms with van der Waals surface area (Å²) in [5.74, 6) is -2.59. The first kappa shape index (κ1) is 24.6. The van der Waals surface area contributed by atoms with Crippen molar-refractivity contribution in [1.29, 1.82) is 0 Å². The number of para-hydroxylation sites is 1. The number of hydrogen-bond acceptors (Lipinski definition) is 4. The van der Waals surface area contributed by atoms with Crippen LogP contribution in [0.15, 0.2) is 59.5 Å². The highest BCUT2D eigenvalue weighted by Crippen LogP contribution is 2.29. The Kier molecular flexibility index (Phi) is 8.33. The number of hydrogen-bond donors (Lipinski definition) is 3. The van der Waals surface area contributed by atoms with E-state index >= 15 is 0 Å². The SMILES string of the molecule is CCc1cccc(C)c1NC(=O)C(C)Sc1ccc(NC(=O)C2CC=CCC2C(=O)O)cc1. The van der Waals surface area contributed by atoms with Crippen LogP contribution < -0.4 is 10.6 Å². The van der Waals surface area contributed by atoms with Crippen molar-refractivity contribution >= 4 is 40.9 Å². The second-order valence-electron chi connectivity index (χ2n) is 8.22. The summed E-state index contributed by atoms with van der Waals surface area (Å²) in [6, 6.07) is 13.3. The van der Waals surface area contributed by atoms with E-state index in [9.17, 15) is 19.5 Å². The van der Waals surface area contributed by atoms with Crippen LogP contribution in [0.4, 0.5) is 11.4 Å². The van der Waals surface area contributed by atoms with Gasteiger partial charge in [0.2, 0.25) is 11.8 Å². The maximum Gasteiger partial charge on any atom is 0.307 e. The summed E-state index contributed by atoms with van der Waals surface area (Å²) in [7, 11) is 0. The quantitative estimate of drug-likeness (QED) is 0.363. The van der Waals surface area contributed by atoms with E-state index in [1.165, 1.54) is 11.8 Å². The molecule has 2 aromatic carbocycles. The first-order valence-electron chi connectivity index (χ1n) is 11.1. The molecule has 3 rings (SSSR count). The van der Waals surface area contributed by atoms with Crippen LogP contribution >= 0.6 is 11.8 Å². The Morgan fingerprint density at radius 2 is 1.70 bits per heavy atom. The van der Waals surface area contributed by atoms with Crippen molar-refractivity contribution in [1.82, 2.24) is 0 Å². The van der Waals surface area contributed by atoms with Gasteiger partial charge in [-0.1, -0.05) is 37.3 Å². The van der Waals surface area contributed by atoms with Crippen LogP contribution in [0.3, 0.4) is 0 Å². The van der Waals surface area contributed by atoms with Crippen LogP contribution in [0.1, 0.15) is 37.8 Å². The number of aliphatic carboxylic acids is 1. The van der Waals surface area contributed by atoms with Crippen molar-refractivity contribution < 1.29 is 19.5 Å². The van der Waals surface area contributed by atoms with Crippen molar-refractivity contribution in [2.45, 2.75) is 50.2 Å². The van der Waals surface area contributed by atoms with Gasteiger partial charge in [-0.3, -0.25) is 14.4 Å². The van der Waals surface area contributed by atoms with E-state index in [0.29, 0.717) is 18.5 Å². The molecule has 0 radical (unpaired) electrons. The van der Waals surface area contributed by atoms with E-state index in [1.807, 2.05) is 56.3 Å². The molecule has 2 aromatic rings. The molecule has 0 saturated carbocycles. The second-order valence-corrected chi connectivity index (χ2v) is 9.63. The normalized spacial score (nSPS) is 18.4. The average Bonchev–Trinajstić information content (AvgIpc) is 2.81. The Bertz CT molecular complexity index is 1050. The summed E-state index contributed by atoms with van der Waals surface area (Å²) in [6.07, 6.45) is 5.30. The van der Waals surface area contributed by atoms with Gasteiger partial charge in [0.1, 0.15) is 0 Å². The molecule has 1 aliphatic carbocycles. The van der Waals surface area contributed by atoms with Gasteiger partial charge >= 0.3 is 5.97 Å². The maximum atomic E-state index is 12.8. The molecule has 33 heavy (non-hydrogen) atoms. The number of carboxylic acid groups (broad SMARTS) is 1. The van der Waals surface area contributed by atoms with Gasteiger partial charge in [0.15, 0.2) is 0 Å². The molecule has 0 spiro atoms. The first-order valence-corrected chi connectivity index (χ1v) is 12.0. The lowest BCUT2D eigenvalue weighted by molar-refractivity contribution is -0.146. The van der Waals surface area contributed by atoms with Gasteiger partial charge < -0.3 is 15.7 Å². The van der Waals surface area contributed by atoms with E-state index in [0.717, 1.165) is 28.1 Å². The molecule has 3 atom stereocenters. The monoisotopic (exact) mass is 466 g/mol. The van der Waals surface area contributed by atoms with Crippen molar-refractivity contribution in [2.24, 2.45) is 11.8 Å². The molecule has 1 aliphatic rings. The van der Waals surface area contributed by atoms with Gasteiger partial charge in [0.05, 0.1) is 17.1 Å². The number of allylic oxidation sites excluding steroid dienone is 2. The summed E-state index contributed by atoms with van der Waals surface area (Å²) >= 11 is 1.44. The zero-order chi connectivity index (χ0) is 24.0. The molecule has 0 aliphatic heterocycles. The molecule has 2 amide bonds. The number of amides is 2. The van der Waals surface area contributed by atoms with Crippen LogP contribution in [0, 0.1) is 18.8 Å². The van der Waals surface area contributed by atoms with E-state index < -0.39 is 17.8 Å². The van der Waals surface area contributed by atoms with Gasteiger partial charge in [-0.15, -0.1) is 11.8 Å². The van der Waals surface area contributed by atoms with Gasteiger partial charge in [-0.2, -0.15) is 0 Å². The zero-order valence-corrected chi connectivity index (χ0v) is 19.9. The molecule has 3 unspecified atom stereocenters. The number of carbonyl (C=O) groups excluding carboxylic acids is 2. The number of carbonyl (C=O) groups is 3. The molecule has 7 heteroatoms. The standard InChI is InChI=1S/C26H30N2O4S/c1-4-18-9-7-8-16(2)23(18)28-24(29)17(3)33-20-14-12-19(13-15-20)27-25(30)21-10-5-6-11-22(21)26(31)32/h5-9,12-15,17,21-22H,4,10-11H2,1-3H3,(H,27,30)(H,28,29)(H,31,32). The molecule has 3 N–H and O–H groups in total. The van der Waals surface area contributed by atoms with Gasteiger partial charge in [-0.05, 0) is 68.5 Å². The fraction of sp³-hybridized carbons (Fsp3) is 0.346. The number of carboxylic acids is 1. The minimum atomic E-state index is -0.949. The summed E-state index contributed by atoms with van der Waals surface area (Å²) in [6.45, 7) is 5.92. The third kappa shape index (κ3) is 6.26. The Hall–Kier alpha value is -3.06. The highest BCUT2D eigenvalue weighted by molar-refractivity contribution is 8.00. The molecular formula is C26H30N2O4S. The lowest BCUT2D eigenvalue weighted by atomic mass is 9.82. The number of thioether (sulfide) groups is 1. The fourth-order valence-corrected chi connectivity index (χ4v) is 4.78. The Labute approximate surface area is 198 Å². The summed E-state index contributed by atoms with van der Waals surface area (Å²) in [5, 5.41) is 15.0. The maximum absolute atomic E-state index is 12.8. The topological polar surface area (TPSA) is 95.5 Å². The minimum Gasteiger partial charge on any atom is -0.481 e. The van der Waals surface area contributed by atoms with Gasteiger partial charge in [0, 0.05) is 16.3 Å². The van der Waals surface area contributed by atoms with E-state index in [1.54, 1.807) is 12.1 Å². The number of benzene rings is 2. The average molecular weight is 467 g/mol. The van der Waals surface area contributed by atoms with E-state index in [2.05, 4.69) is 17.6 Å². The number of aryl methyl sites for hydroxylation is 2. The highest BCUT2D eigenvalue weighted by Gasteiger charge is 2.33. The molecule has 6 nitrogen and oxygen atoms in total. The van der Waals surface area contributed by atoms with E-state index in [-0.39, 0.29) is 17.1 Å². The summed E-state index contributed by atoms with van der Waals surface area (Å²) in [4.78, 5) is 37.7. The smallest absolute Gasteiger partial charge is 0.307 e. The lowest BCUT2D eigenvalue weighted by Gasteiger charge is -2.24. The second kappa shape index (κ2) is 11.2. The van der Waals surface area contributed by atoms with Crippen LogP contribution in [0.2, 0.25) is 0 Å². The number of anilines is 2. The van der Waals surface area contributed by atoms with Crippen molar-refractivity contribution in [3.8, 4) is 0 Å². The minimum absolute atomic E-state index is 0.0635. The highest BCUT2D eigenvalue weighted by atomic mass is 32.2. The van der Waals surface area contributed by atoms with Crippen LogP contribution in [0.25, 0.3) is 0 Å². The molecular weight excluding hydrogens is 436 g/mol. The Morgan fingerprint density at radius 1 is 1.03 bits per heavy atom. The predicted octanol–water partition coefficient (Wildman–Crippen LogP) is 5.28. The van der Waals surface area contributed by atoms with Crippen LogP contribution in [-0.4, -0.2) is 28.1 Å². The lowest BCUT2D eigenvalue weighted by Crippen LogP contribution is -2.34. The number of rotatable bonds is 8. The van der Waals surface area contributed by atoms with Gasteiger partial charge in [0.25, 0.3) is 0 Å². The predicted molar refractivity (Wildman–Crippen MR) is 133 cm³/mol. The third-order valence-corrected chi connectivity index (χ3v) is 6.99. The molecule has 0 heterocycles. The largest absolute Gasteiger partial charge is 0.481 e. The zero-order valence-electron chi connectivity index (χ0n) is 19.1. The van der Waals surface area contributed by atoms with Crippen LogP contribution in [-0.2, 0) is 20.8 Å². The van der Waals surface area contributed by atoms with Crippen molar-refractivity contribution in [3.05, 3.63) is 65.7 Å². The molecule has 0 fully saturated rings. The van der Waals surface area contributed by atoms with Crippen LogP contribution in [0.5, 0.6) is 0 Å². The Balaban J connectivity index is 1.59. The molecule has 0 saturated heterocycles. The Morgan fingerprint density at radius 3 is 2.33 bits per heavy atom. The molecule has 174 valence electrons.